The Bertz CT molecular complexity index is 738. The van der Waals surface area contributed by atoms with Crippen LogP contribution in [0.2, 0.25) is 0 Å². The number of carboxylic acid groups (broad SMARTS) is 1. The molecule has 1 saturated heterocycles. The first-order valence-corrected chi connectivity index (χ1v) is 11.5. The van der Waals surface area contributed by atoms with Crippen LogP contribution in [0.3, 0.4) is 0 Å². The number of nitrogens with zero attached hydrogens (tertiary/aromatic N) is 1. The Labute approximate surface area is 197 Å². The van der Waals surface area contributed by atoms with E-state index >= 15 is 0 Å². The van der Waals surface area contributed by atoms with Crippen molar-refractivity contribution in [2.24, 2.45) is 11.3 Å². The monoisotopic (exact) mass is 464 g/mol. The van der Waals surface area contributed by atoms with Crippen molar-refractivity contribution in [3.05, 3.63) is 36.6 Å². The summed E-state index contributed by atoms with van der Waals surface area (Å²) >= 11 is 0. The number of carbonyl (C=O) groups excluding carboxylic acids is 2. The summed E-state index contributed by atoms with van der Waals surface area (Å²) in [4.78, 5) is 39.0. The Morgan fingerprint density at radius 2 is 1.94 bits per heavy atom. The standard InChI is InChI=1S/C25H40N2O6/c1-7-10-19(13-12-18(2)33-16-9-15-32-6)17-21(28)26-22(25(3,4)5)23(29)27-14-8-11-20(27)24(30)31/h7,10,12-13,19-20,22H,2,8-9,11,14-17H2,1,3-6H3,(H,26,28)(H,30,31)/b10-7-,13-12?. The summed E-state index contributed by atoms with van der Waals surface area (Å²) in [5.41, 5.74) is -0.575. The van der Waals surface area contributed by atoms with Crippen LogP contribution in [0.4, 0.5) is 0 Å². The molecule has 0 aromatic rings. The minimum absolute atomic E-state index is 0.139. The predicted octanol–water partition coefficient (Wildman–Crippen LogP) is 3.30. The zero-order valence-electron chi connectivity index (χ0n) is 20.6. The molecule has 2 N–H and O–H groups in total. The number of amides is 2. The topological polar surface area (TPSA) is 105 Å². The van der Waals surface area contributed by atoms with Crippen molar-refractivity contribution in [2.45, 2.75) is 65.5 Å². The van der Waals surface area contributed by atoms with Gasteiger partial charge in [-0.25, -0.2) is 4.79 Å². The third-order valence-corrected chi connectivity index (χ3v) is 5.41. The van der Waals surface area contributed by atoms with Crippen molar-refractivity contribution in [3.8, 4) is 0 Å². The minimum Gasteiger partial charge on any atom is -0.494 e. The molecule has 3 atom stereocenters. The first kappa shape index (κ1) is 28.4. The van der Waals surface area contributed by atoms with Gasteiger partial charge in [-0.15, -0.1) is 0 Å². The van der Waals surface area contributed by atoms with E-state index in [2.05, 4.69) is 11.9 Å². The number of ether oxygens (including phenoxy) is 2. The van der Waals surface area contributed by atoms with E-state index in [-0.39, 0.29) is 24.2 Å². The zero-order valence-corrected chi connectivity index (χ0v) is 20.6. The second-order valence-electron chi connectivity index (χ2n) is 9.31. The van der Waals surface area contributed by atoms with Gasteiger partial charge in [0.15, 0.2) is 0 Å². The van der Waals surface area contributed by atoms with Crippen molar-refractivity contribution < 1.29 is 29.0 Å². The molecule has 1 heterocycles. The van der Waals surface area contributed by atoms with Crippen molar-refractivity contribution >= 4 is 17.8 Å². The van der Waals surface area contributed by atoms with Gasteiger partial charge in [0.05, 0.1) is 6.61 Å². The summed E-state index contributed by atoms with van der Waals surface area (Å²) in [6, 6.07) is -1.66. The largest absolute Gasteiger partial charge is 0.494 e. The molecule has 1 fully saturated rings. The van der Waals surface area contributed by atoms with Crippen LogP contribution in [-0.2, 0) is 23.9 Å². The average molecular weight is 465 g/mol. The minimum atomic E-state index is -1.01. The summed E-state index contributed by atoms with van der Waals surface area (Å²) < 4.78 is 10.5. The first-order valence-electron chi connectivity index (χ1n) is 11.5. The molecule has 33 heavy (non-hydrogen) atoms. The molecule has 1 aliphatic heterocycles. The Morgan fingerprint density at radius 3 is 2.52 bits per heavy atom. The number of carbonyl (C=O) groups is 3. The summed E-state index contributed by atoms with van der Waals surface area (Å²) in [5.74, 6) is -1.35. The molecule has 0 aromatic carbocycles. The zero-order chi connectivity index (χ0) is 25.0. The Kier molecular flexibility index (Phi) is 11.9. The highest BCUT2D eigenvalue weighted by molar-refractivity contribution is 5.91. The van der Waals surface area contributed by atoms with E-state index in [4.69, 9.17) is 9.47 Å². The van der Waals surface area contributed by atoms with Gasteiger partial charge in [0.1, 0.15) is 17.8 Å². The normalized spacial score (nSPS) is 18.5. The second-order valence-corrected chi connectivity index (χ2v) is 9.31. The predicted molar refractivity (Wildman–Crippen MR) is 127 cm³/mol. The van der Waals surface area contributed by atoms with Crippen LogP contribution in [0.15, 0.2) is 36.6 Å². The van der Waals surface area contributed by atoms with E-state index in [1.165, 1.54) is 4.90 Å². The summed E-state index contributed by atoms with van der Waals surface area (Å²) in [5, 5.41) is 12.3. The molecule has 0 saturated carbocycles. The number of allylic oxidation sites excluding steroid dienone is 4. The van der Waals surface area contributed by atoms with Gasteiger partial charge in [-0.3, -0.25) is 9.59 Å². The highest BCUT2D eigenvalue weighted by Crippen LogP contribution is 2.26. The molecular formula is C25H40N2O6. The molecule has 1 aliphatic rings. The highest BCUT2D eigenvalue weighted by Gasteiger charge is 2.41. The lowest BCUT2D eigenvalue weighted by Gasteiger charge is -2.35. The average Bonchev–Trinajstić information content (AvgIpc) is 3.22. The third kappa shape index (κ3) is 9.82. The van der Waals surface area contributed by atoms with Crippen molar-refractivity contribution in [1.29, 1.82) is 0 Å². The maximum absolute atomic E-state index is 13.2. The molecule has 8 nitrogen and oxygen atoms in total. The maximum Gasteiger partial charge on any atom is 0.326 e. The molecule has 186 valence electrons. The van der Waals surface area contributed by atoms with Crippen LogP contribution in [0.1, 0.15) is 53.4 Å². The number of hydrogen-bond acceptors (Lipinski definition) is 5. The van der Waals surface area contributed by atoms with Gasteiger partial charge in [0.25, 0.3) is 0 Å². The summed E-state index contributed by atoms with van der Waals surface area (Å²) in [6.07, 6.45) is 9.29. The Morgan fingerprint density at radius 1 is 1.24 bits per heavy atom. The molecule has 0 radical (unpaired) electrons. The molecule has 0 aliphatic carbocycles. The molecule has 3 unspecified atom stereocenters. The van der Waals surface area contributed by atoms with E-state index in [1.54, 1.807) is 13.2 Å². The van der Waals surface area contributed by atoms with Gasteiger partial charge in [-0.1, -0.05) is 45.6 Å². The van der Waals surface area contributed by atoms with Crippen LogP contribution >= 0.6 is 0 Å². The number of aliphatic carboxylic acids is 1. The Balaban J connectivity index is 2.81. The van der Waals surface area contributed by atoms with Crippen molar-refractivity contribution in [3.63, 3.8) is 0 Å². The van der Waals surface area contributed by atoms with E-state index in [1.807, 2.05) is 45.9 Å². The van der Waals surface area contributed by atoms with E-state index in [0.717, 1.165) is 6.42 Å². The molecular weight excluding hydrogens is 424 g/mol. The highest BCUT2D eigenvalue weighted by atomic mass is 16.5. The fourth-order valence-corrected chi connectivity index (χ4v) is 3.67. The van der Waals surface area contributed by atoms with E-state index < -0.39 is 23.5 Å². The molecule has 0 aromatic heterocycles. The van der Waals surface area contributed by atoms with Crippen molar-refractivity contribution in [1.82, 2.24) is 10.2 Å². The summed E-state index contributed by atoms with van der Waals surface area (Å²) in [7, 11) is 1.63. The number of rotatable bonds is 13. The van der Waals surface area contributed by atoms with Crippen LogP contribution in [0.5, 0.6) is 0 Å². The van der Waals surface area contributed by atoms with E-state index in [0.29, 0.717) is 38.4 Å². The lowest BCUT2D eigenvalue weighted by atomic mass is 9.85. The lowest BCUT2D eigenvalue weighted by Crippen LogP contribution is -2.56. The SMILES string of the molecule is C=C(C=CC(/C=C\C)CC(=O)NC(C(=O)N1CCCC1C(=O)O)C(C)(C)C)OCCCOC. The van der Waals surface area contributed by atoms with Crippen LogP contribution in [-0.4, -0.2) is 66.7 Å². The number of likely N-dealkylation sites (tertiary alicyclic amines) is 1. The quantitative estimate of drug-likeness (QED) is 0.188. The molecule has 2 amide bonds. The Hall–Kier alpha value is -2.61. The number of nitrogens with one attached hydrogen (secondary N) is 1. The third-order valence-electron chi connectivity index (χ3n) is 5.41. The van der Waals surface area contributed by atoms with Gasteiger partial charge < -0.3 is 24.8 Å². The summed E-state index contributed by atoms with van der Waals surface area (Å²) in [6.45, 7) is 12.8. The van der Waals surface area contributed by atoms with E-state index in [9.17, 15) is 19.5 Å². The second kappa shape index (κ2) is 13.8. The fraction of sp³-hybridized carbons (Fsp3) is 0.640. The molecule has 0 spiro atoms. The maximum atomic E-state index is 13.2. The molecule has 1 rings (SSSR count). The first-order chi connectivity index (χ1) is 15.5. The fourth-order valence-electron chi connectivity index (χ4n) is 3.67. The van der Waals surface area contributed by atoms with Gasteiger partial charge in [0, 0.05) is 39.0 Å². The van der Waals surface area contributed by atoms with Crippen molar-refractivity contribution in [2.75, 3.05) is 26.9 Å². The number of methoxy groups -OCH3 is 1. The molecule has 0 bridgehead atoms. The van der Waals surface area contributed by atoms with Crippen LogP contribution in [0.25, 0.3) is 0 Å². The van der Waals surface area contributed by atoms with Crippen LogP contribution < -0.4 is 5.32 Å². The number of carboxylic acids is 1. The van der Waals surface area contributed by atoms with Gasteiger partial charge in [-0.05, 0) is 31.3 Å². The van der Waals surface area contributed by atoms with Gasteiger partial charge >= 0.3 is 5.97 Å². The van der Waals surface area contributed by atoms with Crippen LogP contribution in [0, 0.1) is 11.3 Å². The smallest absolute Gasteiger partial charge is 0.326 e. The molecule has 8 heteroatoms. The van der Waals surface area contributed by atoms with Gasteiger partial charge in [0.2, 0.25) is 11.8 Å². The lowest BCUT2D eigenvalue weighted by molar-refractivity contribution is -0.150. The van der Waals surface area contributed by atoms with Gasteiger partial charge in [-0.2, -0.15) is 0 Å². The number of hydrogen-bond donors (Lipinski definition) is 2.